The zero-order valence-electron chi connectivity index (χ0n) is 8.68. The third-order valence-electron chi connectivity index (χ3n) is 2.64. The number of aromatic amines is 1. The van der Waals surface area contributed by atoms with E-state index in [1.807, 2.05) is 4.98 Å². The van der Waals surface area contributed by atoms with Crippen LogP contribution in [0.4, 0.5) is 0 Å². The predicted octanol–water partition coefficient (Wildman–Crippen LogP) is -2.85. The zero-order chi connectivity index (χ0) is 12.6. The fraction of sp³-hybridized carbons (Fsp3) is 0.556. The van der Waals surface area contributed by atoms with Crippen LogP contribution in [0.15, 0.2) is 21.9 Å². The molecule has 1 aliphatic rings. The van der Waals surface area contributed by atoms with Crippen molar-refractivity contribution in [1.82, 2.24) is 9.55 Å². The molecule has 4 atom stereocenters. The van der Waals surface area contributed by atoms with Crippen LogP contribution in [0, 0.1) is 0 Å². The summed E-state index contributed by atoms with van der Waals surface area (Å²) in [4.78, 5) is 24.3. The highest BCUT2D eigenvalue weighted by molar-refractivity contribution is 4.92. The highest BCUT2D eigenvalue weighted by atomic mass is 16.8. The molecule has 8 heteroatoms. The number of nitrogens with one attached hydrogen (secondary N) is 1. The molecule has 1 aliphatic heterocycles. The number of hydrogen-bond donors (Lipinski definition) is 4. The van der Waals surface area contributed by atoms with Gasteiger partial charge in [0.25, 0.3) is 5.56 Å². The first-order valence-electron chi connectivity index (χ1n) is 4.98. The van der Waals surface area contributed by atoms with E-state index in [1.54, 1.807) is 0 Å². The van der Waals surface area contributed by atoms with Gasteiger partial charge in [-0.1, -0.05) is 0 Å². The van der Waals surface area contributed by atoms with Gasteiger partial charge in [0.15, 0.2) is 6.23 Å². The van der Waals surface area contributed by atoms with Crippen LogP contribution in [0.2, 0.25) is 0 Å². The fourth-order valence-electron chi connectivity index (χ4n) is 1.74. The lowest BCUT2D eigenvalue weighted by atomic mass is 11.1. The van der Waals surface area contributed by atoms with Crippen LogP contribution < -0.4 is 11.2 Å². The normalized spacial score (nSPS) is 32.9. The summed E-state index contributed by atoms with van der Waals surface area (Å²) in [5, 5.41) is 28.1. The molecule has 2 rings (SSSR count). The second kappa shape index (κ2) is 4.41. The van der Waals surface area contributed by atoms with Crippen molar-refractivity contribution < 1.29 is 20.1 Å². The van der Waals surface area contributed by atoms with Crippen LogP contribution in [-0.2, 0) is 4.74 Å². The first kappa shape index (κ1) is 12.0. The third kappa shape index (κ3) is 2.03. The summed E-state index contributed by atoms with van der Waals surface area (Å²) in [7, 11) is 0. The standard InChI is InChI=1S/C9H12N2O6/c12-3-4-6(14)7(15)8(17-4)11-2-1-5(13)10-9(11)16/h1-2,4,6-8,12,14-15H,3H2,(H,10,13,16)/t4-,6-,7-,8-/m1/s1/i1+1,2+1,3+1,4+1,5+1,6+1,7+1,8+1,9+1,10+1,11+1. The number of ether oxygens (including phenoxy) is 1. The van der Waals surface area contributed by atoms with Gasteiger partial charge in [-0.2, -0.15) is 0 Å². The summed E-state index contributed by atoms with van der Waals surface area (Å²) in [6, 6.07) is 1.09. The van der Waals surface area contributed by atoms with Gasteiger partial charge in [0.05, 0.1) is 6.61 Å². The summed E-state index contributed by atoms with van der Waals surface area (Å²) >= 11 is 0. The van der Waals surface area contributed by atoms with Crippen LogP contribution >= 0.6 is 0 Å². The molecule has 1 fully saturated rings. The van der Waals surface area contributed by atoms with Crippen molar-refractivity contribution in [2.75, 3.05) is 6.61 Å². The number of aliphatic hydroxyl groups excluding tert-OH is 3. The maximum Gasteiger partial charge on any atom is 0.330 e. The molecule has 17 heavy (non-hydrogen) atoms. The van der Waals surface area contributed by atoms with Gasteiger partial charge in [-0.15, -0.1) is 0 Å². The Bertz CT molecular complexity index is 509. The zero-order valence-corrected chi connectivity index (χ0v) is 8.68. The Morgan fingerprint density at radius 1 is 1.35 bits per heavy atom. The summed E-state index contributed by atoms with van der Waals surface area (Å²) < 4.78 is 6.08. The van der Waals surface area contributed by atoms with E-state index in [0.29, 0.717) is 0 Å². The molecule has 1 aromatic heterocycles. The monoisotopic (exact) mass is 255 g/mol. The Labute approximate surface area is 94.7 Å². The third-order valence-corrected chi connectivity index (χ3v) is 2.64. The highest BCUT2D eigenvalue weighted by Gasteiger charge is 2.43. The van der Waals surface area contributed by atoms with Crippen LogP contribution in [0.1, 0.15) is 6.23 Å². The van der Waals surface area contributed by atoms with Crippen LogP contribution in [0.5, 0.6) is 0 Å². The minimum atomic E-state index is -1.35. The summed E-state index contributed by atoms with van der Waals surface area (Å²) in [5.74, 6) is 0. The van der Waals surface area contributed by atoms with Crippen molar-refractivity contribution in [2.24, 2.45) is 0 Å². The number of hydrogen-bond acceptors (Lipinski definition) is 6. The van der Waals surface area contributed by atoms with Gasteiger partial charge in [-0.05, 0) is 0 Å². The molecule has 0 spiro atoms. The van der Waals surface area contributed by atoms with E-state index >= 15 is 0 Å². The number of aromatic nitrogens is 2. The lowest BCUT2D eigenvalue weighted by Gasteiger charge is -2.16. The summed E-state index contributed by atoms with van der Waals surface area (Å²) in [6.07, 6.45) is -3.58. The molecule has 1 saturated heterocycles. The second-order valence-corrected chi connectivity index (χ2v) is 3.75. The minimum absolute atomic E-state index is 0.479. The van der Waals surface area contributed by atoms with Gasteiger partial charge in [0.2, 0.25) is 0 Å². The second-order valence-electron chi connectivity index (χ2n) is 3.75. The lowest BCUT2D eigenvalue weighted by molar-refractivity contribution is -0.0550. The SMILES string of the molecule is O=[13c]1[13cH][13cH][15n]([13C@@H]2O[13C@H]([13CH2]O)[13C@@H](O)[13C@H]2O)[13c](=O)[15nH]1. The molecule has 2 heterocycles. The topological polar surface area (TPSA) is 125 Å². The van der Waals surface area contributed by atoms with Gasteiger partial charge < -0.3 is 20.1 Å². The summed E-state index contributed by atoms with van der Waals surface area (Å²) in [5.41, 5.74) is -1.33. The minimum Gasteiger partial charge on any atom is -0.394 e. The molecule has 0 saturated carbocycles. The molecule has 8 nitrogen and oxygen atoms in total. The van der Waals surface area contributed by atoms with Crippen molar-refractivity contribution in [3.63, 3.8) is 0 Å². The van der Waals surface area contributed by atoms with E-state index < -0.39 is 42.4 Å². The fourth-order valence-corrected chi connectivity index (χ4v) is 1.74. The van der Waals surface area contributed by atoms with Crippen molar-refractivity contribution in [2.45, 2.75) is 24.5 Å². The molecule has 0 bridgehead atoms. The van der Waals surface area contributed by atoms with Gasteiger partial charge in [0, 0.05) is 12.3 Å². The van der Waals surface area contributed by atoms with E-state index in [1.165, 1.54) is 0 Å². The maximum atomic E-state index is 11.4. The van der Waals surface area contributed by atoms with Crippen molar-refractivity contribution >= 4 is 0 Å². The Morgan fingerprint density at radius 2 is 2.06 bits per heavy atom. The predicted molar refractivity (Wildman–Crippen MR) is 54.3 cm³/mol. The molecular formula is C9H12N2O6. The van der Waals surface area contributed by atoms with E-state index in [2.05, 4.69) is 0 Å². The summed E-state index contributed by atoms with van der Waals surface area (Å²) in [6.45, 7) is -0.479. The van der Waals surface area contributed by atoms with E-state index in [-0.39, 0.29) is 0 Å². The van der Waals surface area contributed by atoms with Gasteiger partial charge >= 0.3 is 5.69 Å². The molecule has 0 unspecified atom stereocenters. The Morgan fingerprint density at radius 3 is 2.59 bits per heavy atom. The van der Waals surface area contributed by atoms with Crippen LogP contribution in [-0.4, -0.2) is 49.8 Å². The average Bonchev–Trinajstić information content (AvgIpc) is 2.57. The van der Waals surface area contributed by atoms with E-state index in [0.717, 1.165) is 16.8 Å². The Balaban J connectivity index is 2.35. The van der Waals surface area contributed by atoms with E-state index in [4.69, 9.17) is 9.84 Å². The smallest absolute Gasteiger partial charge is 0.330 e. The number of H-pyrrole nitrogens is 1. The molecular weight excluding hydrogens is 243 g/mol. The van der Waals surface area contributed by atoms with Crippen LogP contribution in [0.25, 0.3) is 0 Å². The largest absolute Gasteiger partial charge is 0.394 e. The molecule has 1 aromatic rings. The van der Waals surface area contributed by atoms with Gasteiger partial charge in [-0.25, -0.2) is 4.79 Å². The number of nitrogens with zero attached hydrogens (tertiary/aromatic N) is 1. The van der Waals surface area contributed by atoms with Crippen LogP contribution in [0.3, 0.4) is 0 Å². The first-order valence-corrected chi connectivity index (χ1v) is 4.98. The number of aliphatic hydroxyl groups is 3. The molecule has 94 valence electrons. The van der Waals surface area contributed by atoms with Gasteiger partial charge in [0.1, 0.15) is 18.3 Å². The van der Waals surface area contributed by atoms with Crippen molar-refractivity contribution in [3.8, 4) is 0 Å². The van der Waals surface area contributed by atoms with Gasteiger partial charge in [-0.3, -0.25) is 14.3 Å². The Kier molecular flexibility index (Phi) is 3.11. The Hall–Kier alpha value is -1.48. The van der Waals surface area contributed by atoms with E-state index in [9.17, 15) is 19.8 Å². The molecule has 0 aliphatic carbocycles. The number of rotatable bonds is 2. The molecule has 0 aromatic carbocycles. The van der Waals surface area contributed by atoms with Crippen molar-refractivity contribution in [3.05, 3.63) is 33.1 Å². The van der Waals surface area contributed by atoms with Crippen molar-refractivity contribution in [1.29, 1.82) is 0 Å². The first-order chi connectivity index (χ1) is 8.04. The highest BCUT2D eigenvalue weighted by Crippen LogP contribution is 2.27. The quantitative estimate of drug-likeness (QED) is 0.421. The molecule has 0 radical (unpaired) electrons. The lowest BCUT2D eigenvalue weighted by Crippen LogP contribution is -2.37. The maximum absolute atomic E-state index is 11.4. The molecule has 4 N–H and O–H groups in total. The average molecular weight is 255 g/mol. The molecule has 0 amide bonds.